The van der Waals surface area contributed by atoms with Gasteiger partial charge in [-0.3, -0.25) is 4.98 Å². The number of benzene rings is 3. The Hall–Kier alpha value is -3.63. The molecular weight excluding hydrogens is 386 g/mol. The van der Waals surface area contributed by atoms with Gasteiger partial charge in [-0.15, -0.1) is 0 Å². The van der Waals surface area contributed by atoms with Crippen molar-refractivity contribution in [3.8, 4) is 0 Å². The fourth-order valence-corrected chi connectivity index (χ4v) is 5.30. The Morgan fingerprint density at radius 3 is 2.17 bits per heavy atom. The third-order valence-corrected chi connectivity index (χ3v) is 6.65. The molecule has 0 amide bonds. The molecule has 6 rings (SSSR count). The van der Waals surface area contributed by atoms with Gasteiger partial charge < -0.3 is 4.90 Å². The van der Waals surface area contributed by atoms with Crippen LogP contribution in [0.2, 0.25) is 0 Å². The van der Waals surface area contributed by atoms with Crippen molar-refractivity contribution in [3.63, 3.8) is 0 Å². The van der Waals surface area contributed by atoms with Crippen LogP contribution in [-0.4, -0.2) is 9.97 Å². The summed E-state index contributed by atoms with van der Waals surface area (Å²) in [4.78, 5) is 12.6. The molecule has 2 aromatic heterocycles. The molecule has 0 saturated carbocycles. The highest BCUT2D eigenvalue weighted by atomic mass is 32.2. The summed E-state index contributed by atoms with van der Waals surface area (Å²) < 4.78 is 0. The standard InChI is InChI=1S/C26H17N3S/c1-2-17-18-8-3-5-10-20(18)25(21-11-6-4-9-19(17)21)29-22-12-7-14-28-26(22)30-24-13-15-27-16-23(24)29/h2-16H,1H2. The molecule has 0 N–H and O–H groups in total. The van der Waals surface area contributed by atoms with Gasteiger partial charge in [0.1, 0.15) is 5.03 Å². The Kier molecular flexibility index (Phi) is 3.86. The SMILES string of the molecule is C=Cc1c2ccccc2c(N2c3cnccc3Sc3ncccc32)c2ccccc12. The van der Waals surface area contributed by atoms with E-state index in [-0.39, 0.29) is 0 Å². The van der Waals surface area contributed by atoms with Crippen LogP contribution in [-0.2, 0) is 0 Å². The molecule has 0 bridgehead atoms. The van der Waals surface area contributed by atoms with Crippen molar-refractivity contribution in [1.29, 1.82) is 0 Å². The largest absolute Gasteiger partial charge is 0.304 e. The van der Waals surface area contributed by atoms with E-state index in [0.29, 0.717) is 0 Å². The number of rotatable bonds is 2. The van der Waals surface area contributed by atoms with Gasteiger partial charge in [0.25, 0.3) is 0 Å². The topological polar surface area (TPSA) is 29.0 Å². The number of nitrogens with zero attached hydrogens (tertiary/aromatic N) is 3. The molecule has 4 heteroatoms. The second kappa shape index (κ2) is 6.71. The van der Waals surface area contributed by atoms with Crippen molar-refractivity contribution in [1.82, 2.24) is 9.97 Å². The third kappa shape index (κ3) is 2.41. The molecule has 0 spiro atoms. The first kappa shape index (κ1) is 17.2. The Balaban J connectivity index is 1.82. The third-order valence-electron chi connectivity index (χ3n) is 5.57. The predicted molar refractivity (Wildman–Crippen MR) is 126 cm³/mol. The number of pyridine rings is 2. The van der Waals surface area contributed by atoms with E-state index in [1.165, 1.54) is 21.5 Å². The highest BCUT2D eigenvalue weighted by molar-refractivity contribution is 7.99. The van der Waals surface area contributed by atoms with Crippen molar-refractivity contribution in [2.75, 3.05) is 4.90 Å². The summed E-state index contributed by atoms with van der Waals surface area (Å²) in [5, 5.41) is 5.74. The fraction of sp³-hybridized carbons (Fsp3) is 0. The quantitative estimate of drug-likeness (QED) is 0.282. The number of hydrogen-bond donors (Lipinski definition) is 0. The van der Waals surface area contributed by atoms with Crippen LogP contribution in [0.1, 0.15) is 5.56 Å². The zero-order chi connectivity index (χ0) is 20.1. The molecule has 0 fully saturated rings. The first-order valence-corrected chi connectivity index (χ1v) is 10.6. The van der Waals surface area contributed by atoms with Gasteiger partial charge in [-0.05, 0) is 34.5 Å². The molecule has 3 nitrogen and oxygen atoms in total. The summed E-state index contributed by atoms with van der Waals surface area (Å²) >= 11 is 1.69. The maximum absolute atomic E-state index is 4.67. The number of hydrogen-bond acceptors (Lipinski definition) is 4. The van der Waals surface area contributed by atoms with Crippen LogP contribution < -0.4 is 4.90 Å². The van der Waals surface area contributed by atoms with E-state index >= 15 is 0 Å². The minimum Gasteiger partial charge on any atom is -0.304 e. The summed E-state index contributed by atoms with van der Waals surface area (Å²) in [7, 11) is 0. The number of anilines is 3. The zero-order valence-corrected chi connectivity index (χ0v) is 16.9. The van der Waals surface area contributed by atoms with Gasteiger partial charge in [-0.25, -0.2) is 4.98 Å². The van der Waals surface area contributed by atoms with E-state index < -0.39 is 0 Å². The molecular formula is C26H17N3S. The molecule has 1 aliphatic heterocycles. The predicted octanol–water partition coefficient (Wildman–Crippen LogP) is 7.36. The molecule has 5 aromatic rings. The highest BCUT2D eigenvalue weighted by Crippen LogP contribution is 2.53. The summed E-state index contributed by atoms with van der Waals surface area (Å²) in [6, 6.07) is 23.3. The Labute approximate surface area is 178 Å². The van der Waals surface area contributed by atoms with Crippen molar-refractivity contribution in [2.24, 2.45) is 0 Å². The van der Waals surface area contributed by atoms with Crippen LogP contribution in [0.25, 0.3) is 27.6 Å². The molecule has 3 aromatic carbocycles. The van der Waals surface area contributed by atoms with Crippen molar-refractivity contribution < 1.29 is 0 Å². The summed E-state index contributed by atoms with van der Waals surface area (Å²) in [6.45, 7) is 4.11. The lowest BCUT2D eigenvalue weighted by atomic mass is 9.93. The molecule has 3 heterocycles. The summed E-state index contributed by atoms with van der Waals surface area (Å²) in [5.74, 6) is 0. The lowest BCUT2D eigenvalue weighted by molar-refractivity contribution is 1.05. The van der Waals surface area contributed by atoms with E-state index in [1.54, 1.807) is 11.8 Å². The van der Waals surface area contributed by atoms with Gasteiger partial charge >= 0.3 is 0 Å². The van der Waals surface area contributed by atoms with Gasteiger partial charge in [0.2, 0.25) is 0 Å². The van der Waals surface area contributed by atoms with Crippen LogP contribution in [0.4, 0.5) is 17.1 Å². The van der Waals surface area contributed by atoms with E-state index in [4.69, 9.17) is 0 Å². The van der Waals surface area contributed by atoms with Crippen LogP contribution in [0.5, 0.6) is 0 Å². The Morgan fingerprint density at radius 1 is 0.767 bits per heavy atom. The van der Waals surface area contributed by atoms with E-state index in [0.717, 1.165) is 32.5 Å². The first-order valence-electron chi connectivity index (χ1n) is 9.79. The van der Waals surface area contributed by atoms with Crippen molar-refractivity contribution in [2.45, 2.75) is 9.92 Å². The first-order chi connectivity index (χ1) is 14.9. The second-order valence-electron chi connectivity index (χ2n) is 7.17. The van der Waals surface area contributed by atoms with Gasteiger partial charge in [0.05, 0.1) is 23.3 Å². The Bertz CT molecular complexity index is 1360. The molecule has 1 aliphatic rings. The maximum atomic E-state index is 4.67. The smallest absolute Gasteiger partial charge is 0.125 e. The molecule has 30 heavy (non-hydrogen) atoms. The normalized spacial score (nSPS) is 12.6. The summed E-state index contributed by atoms with van der Waals surface area (Å²) in [6.07, 6.45) is 7.61. The number of fused-ring (bicyclic) bond motifs is 4. The minimum absolute atomic E-state index is 0.997. The van der Waals surface area contributed by atoms with Gasteiger partial charge in [0, 0.05) is 28.1 Å². The number of aromatic nitrogens is 2. The molecule has 0 unspecified atom stereocenters. The average Bonchev–Trinajstić information content (AvgIpc) is 2.81. The molecule has 0 radical (unpaired) electrons. The minimum atomic E-state index is 0.997. The molecule has 0 saturated heterocycles. The van der Waals surface area contributed by atoms with Crippen LogP contribution in [0.15, 0.2) is 102 Å². The zero-order valence-electron chi connectivity index (χ0n) is 16.1. The van der Waals surface area contributed by atoms with Crippen molar-refractivity contribution in [3.05, 3.63) is 97.5 Å². The lowest BCUT2D eigenvalue weighted by Gasteiger charge is -2.33. The average molecular weight is 404 g/mol. The highest BCUT2D eigenvalue weighted by Gasteiger charge is 2.28. The molecule has 142 valence electrons. The van der Waals surface area contributed by atoms with Gasteiger partial charge in [-0.2, -0.15) is 0 Å². The maximum Gasteiger partial charge on any atom is 0.125 e. The Morgan fingerprint density at radius 2 is 1.47 bits per heavy atom. The summed E-state index contributed by atoms with van der Waals surface area (Å²) in [5.41, 5.74) is 4.46. The molecule has 0 aliphatic carbocycles. The van der Waals surface area contributed by atoms with E-state index in [2.05, 4.69) is 82.1 Å². The van der Waals surface area contributed by atoms with Crippen LogP contribution in [0, 0.1) is 0 Å². The monoisotopic (exact) mass is 403 g/mol. The second-order valence-corrected chi connectivity index (χ2v) is 8.20. The van der Waals surface area contributed by atoms with E-state index in [9.17, 15) is 0 Å². The van der Waals surface area contributed by atoms with Crippen LogP contribution in [0.3, 0.4) is 0 Å². The van der Waals surface area contributed by atoms with Crippen molar-refractivity contribution >= 4 is 56.4 Å². The van der Waals surface area contributed by atoms with Crippen LogP contribution >= 0.6 is 11.8 Å². The fourth-order valence-electron chi connectivity index (χ4n) is 4.33. The van der Waals surface area contributed by atoms with Gasteiger partial charge in [-0.1, -0.05) is 72.9 Å². The van der Waals surface area contributed by atoms with E-state index in [1.807, 2.05) is 30.7 Å². The lowest BCUT2D eigenvalue weighted by Crippen LogP contribution is -2.16. The van der Waals surface area contributed by atoms with Gasteiger partial charge in [0.15, 0.2) is 0 Å². The molecule has 0 atom stereocenters.